The molecule has 0 saturated heterocycles. The molecule has 2 atom stereocenters. The Hall–Kier alpha value is -1.10. The first-order valence-electron chi connectivity index (χ1n) is 5.55. The first-order chi connectivity index (χ1) is 7.17. The molecule has 0 aromatic carbocycles. The lowest BCUT2D eigenvalue weighted by Crippen LogP contribution is -2.53. The molecule has 5 heteroatoms. The second-order valence-corrected chi connectivity index (χ2v) is 4.98. The molecular weight excluding hydrogens is 206 g/mol. The van der Waals surface area contributed by atoms with E-state index in [4.69, 9.17) is 5.73 Å². The summed E-state index contributed by atoms with van der Waals surface area (Å²) in [6.45, 7) is 9.12. The van der Waals surface area contributed by atoms with Gasteiger partial charge in [0.1, 0.15) is 6.04 Å². The zero-order chi connectivity index (χ0) is 12.9. The minimum Gasteiger partial charge on any atom is -0.350 e. The van der Waals surface area contributed by atoms with Gasteiger partial charge in [-0.1, -0.05) is 6.92 Å². The number of hydrogen-bond acceptors (Lipinski definition) is 3. The summed E-state index contributed by atoms with van der Waals surface area (Å²) in [5.74, 6) is -0.497. The molecule has 16 heavy (non-hydrogen) atoms. The second kappa shape index (κ2) is 5.84. The lowest BCUT2D eigenvalue weighted by Gasteiger charge is -2.24. The maximum absolute atomic E-state index is 11.6. The van der Waals surface area contributed by atoms with Gasteiger partial charge in [-0.3, -0.25) is 9.59 Å². The molecule has 0 aliphatic rings. The SMILES string of the molecule is CC[C@H](N)C(=O)NC(C)C(=O)NC(C)(C)C. The zero-order valence-electron chi connectivity index (χ0n) is 10.8. The van der Waals surface area contributed by atoms with Gasteiger partial charge in [-0.25, -0.2) is 0 Å². The molecule has 0 fully saturated rings. The van der Waals surface area contributed by atoms with Crippen LogP contribution >= 0.6 is 0 Å². The fourth-order valence-electron chi connectivity index (χ4n) is 1.05. The van der Waals surface area contributed by atoms with Crippen LogP contribution in [0.1, 0.15) is 41.0 Å². The largest absolute Gasteiger partial charge is 0.350 e. The van der Waals surface area contributed by atoms with Crippen LogP contribution in [0.25, 0.3) is 0 Å². The lowest BCUT2D eigenvalue weighted by atomic mass is 10.1. The first-order valence-corrected chi connectivity index (χ1v) is 5.55. The number of rotatable bonds is 4. The molecule has 2 amide bonds. The zero-order valence-corrected chi connectivity index (χ0v) is 10.8. The average molecular weight is 229 g/mol. The Kier molecular flexibility index (Phi) is 5.44. The molecule has 0 aliphatic carbocycles. The minimum atomic E-state index is -0.565. The van der Waals surface area contributed by atoms with Crippen LogP contribution in [0.15, 0.2) is 0 Å². The monoisotopic (exact) mass is 229 g/mol. The molecule has 0 rings (SSSR count). The summed E-state index contributed by atoms with van der Waals surface area (Å²) in [5, 5.41) is 5.36. The Morgan fingerprint density at radius 1 is 1.25 bits per heavy atom. The quantitative estimate of drug-likeness (QED) is 0.641. The molecule has 94 valence electrons. The highest BCUT2D eigenvalue weighted by atomic mass is 16.2. The summed E-state index contributed by atoms with van der Waals surface area (Å²) in [6.07, 6.45) is 0.555. The molecule has 0 aliphatic heterocycles. The molecule has 5 nitrogen and oxygen atoms in total. The fraction of sp³-hybridized carbons (Fsp3) is 0.818. The molecule has 0 aromatic heterocycles. The van der Waals surface area contributed by atoms with Crippen LogP contribution in [0.3, 0.4) is 0 Å². The summed E-state index contributed by atoms with van der Waals surface area (Å²) >= 11 is 0. The van der Waals surface area contributed by atoms with Gasteiger partial charge in [0.2, 0.25) is 11.8 Å². The molecule has 0 radical (unpaired) electrons. The van der Waals surface area contributed by atoms with Crippen molar-refractivity contribution >= 4 is 11.8 Å². The Balaban J connectivity index is 4.21. The molecular formula is C11H23N3O2. The first kappa shape index (κ1) is 14.9. The summed E-state index contributed by atoms with van der Waals surface area (Å²) < 4.78 is 0. The fourth-order valence-corrected chi connectivity index (χ4v) is 1.05. The van der Waals surface area contributed by atoms with Crippen molar-refractivity contribution in [2.45, 2.75) is 58.7 Å². The highest BCUT2D eigenvalue weighted by molar-refractivity contribution is 5.89. The minimum absolute atomic E-state index is 0.204. The topological polar surface area (TPSA) is 84.2 Å². The van der Waals surface area contributed by atoms with E-state index in [1.807, 2.05) is 27.7 Å². The van der Waals surface area contributed by atoms with Crippen molar-refractivity contribution in [1.29, 1.82) is 0 Å². The highest BCUT2D eigenvalue weighted by Crippen LogP contribution is 1.99. The van der Waals surface area contributed by atoms with Crippen LogP contribution < -0.4 is 16.4 Å². The van der Waals surface area contributed by atoms with E-state index in [1.54, 1.807) is 6.92 Å². The smallest absolute Gasteiger partial charge is 0.242 e. The Labute approximate surface area is 97.2 Å². The van der Waals surface area contributed by atoms with E-state index >= 15 is 0 Å². The maximum Gasteiger partial charge on any atom is 0.242 e. The number of carbonyl (C=O) groups is 2. The predicted octanol–water partition coefficient (Wildman–Crippen LogP) is 0.143. The molecule has 0 saturated carbocycles. The Morgan fingerprint density at radius 2 is 1.75 bits per heavy atom. The van der Waals surface area contributed by atoms with Gasteiger partial charge < -0.3 is 16.4 Å². The van der Waals surface area contributed by atoms with Crippen molar-refractivity contribution in [2.24, 2.45) is 5.73 Å². The molecule has 0 bridgehead atoms. The van der Waals surface area contributed by atoms with E-state index in [0.717, 1.165) is 0 Å². The average Bonchev–Trinajstić information content (AvgIpc) is 2.13. The van der Waals surface area contributed by atoms with E-state index < -0.39 is 12.1 Å². The van der Waals surface area contributed by atoms with Crippen LogP contribution in [0.5, 0.6) is 0 Å². The van der Waals surface area contributed by atoms with Gasteiger partial charge in [0, 0.05) is 5.54 Å². The summed E-state index contributed by atoms with van der Waals surface area (Å²) in [5.41, 5.74) is 5.25. The third-order valence-corrected chi connectivity index (χ3v) is 2.03. The molecule has 0 spiro atoms. The van der Waals surface area contributed by atoms with Gasteiger partial charge in [0.15, 0.2) is 0 Å². The van der Waals surface area contributed by atoms with E-state index in [-0.39, 0.29) is 17.4 Å². The number of hydrogen-bond donors (Lipinski definition) is 3. The van der Waals surface area contributed by atoms with Crippen molar-refractivity contribution in [2.75, 3.05) is 0 Å². The Morgan fingerprint density at radius 3 is 2.12 bits per heavy atom. The van der Waals surface area contributed by atoms with Crippen molar-refractivity contribution < 1.29 is 9.59 Å². The van der Waals surface area contributed by atoms with Gasteiger partial charge in [0.05, 0.1) is 6.04 Å². The van der Waals surface area contributed by atoms with Crippen LogP contribution in [-0.2, 0) is 9.59 Å². The number of nitrogens with one attached hydrogen (secondary N) is 2. The molecule has 0 heterocycles. The summed E-state index contributed by atoms with van der Waals surface area (Å²) in [4.78, 5) is 23.1. The normalized spacial score (nSPS) is 15.1. The van der Waals surface area contributed by atoms with Gasteiger partial charge in [-0.15, -0.1) is 0 Å². The third kappa shape index (κ3) is 5.70. The van der Waals surface area contributed by atoms with Gasteiger partial charge in [0.25, 0.3) is 0 Å². The standard InChI is InChI=1S/C11H23N3O2/c1-6-8(12)10(16)13-7(2)9(15)14-11(3,4)5/h7-8H,6,12H2,1-5H3,(H,13,16)(H,14,15)/t7?,8-/m0/s1. The number of nitrogens with two attached hydrogens (primary N) is 1. The van der Waals surface area contributed by atoms with Crippen molar-refractivity contribution in [3.05, 3.63) is 0 Å². The maximum atomic E-state index is 11.6. The van der Waals surface area contributed by atoms with Gasteiger partial charge >= 0.3 is 0 Å². The van der Waals surface area contributed by atoms with E-state index in [9.17, 15) is 9.59 Å². The van der Waals surface area contributed by atoms with E-state index in [0.29, 0.717) is 6.42 Å². The van der Waals surface area contributed by atoms with Crippen LogP contribution in [-0.4, -0.2) is 29.4 Å². The predicted molar refractivity (Wildman–Crippen MR) is 63.8 cm³/mol. The molecule has 4 N–H and O–H groups in total. The van der Waals surface area contributed by atoms with E-state index in [1.165, 1.54) is 0 Å². The van der Waals surface area contributed by atoms with Gasteiger partial charge in [-0.2, -0.15) is 0 Å². The van der Waals surface area contributed by atoms with Crippen molar-refractivity contribution in [3.63, 3.8) is 0 Å². The second-order valence-electron chi connectivity index (χ2n) is 4.98. The summed E-state index contributed by atoms with van der Waals surface area (Å²) in [7, 11) is 0. The van der Waals surface area contributed by atoms with Crippen LogP contribution in [0.2, 0.25) is 0 Å². The van der Waals surface area contributed by atoms with Crippen LogP contribution in [0, 0.1) is 0 Å². The molecule has 1 unspecified atom stereocenters. The van der Waals surface area contributed by atoms with Crippen molar-refractivity contribution in [1.82, 2.24) is 10.6 Å². The van der Waals surface area contributed by atoms with Crippen molar-refractivity contribution in [3.8, 4) is 0 Å². The highest BCUT2D eigenvalue weighted by Gasteiger charge is 2.22. The Bertz CT molecular complexity index is 258. The number of amides is 2. The molecule has 0 aromatic rings. The van der Waals surface area contributed by atoms with E-state index in [2.05, 4.69) is 10.6 Å². The summed E-state index contributed by atoms with van der Waals surface area (Å²) in [6, 6.07) is -1.12. The number of carbonyl (C=O) groups excluding carboxylic acids is 2. The third-order valence-electron chi connectivity index (χ3n) is 2.03. The van der Waals surface area contributed by atoms with Gasteiger partial charge in [-0.05, 0) is 34.1 Å². The lowest BCUT2D eigenvalue weighted by molar-refractivity contribution is -0.130. The van der Waals surface area contributed by atoms with Crippen LogP contribution in [0.4, 0.5) is 0 Å².